The van der Waals surface area contributed by atoms with E-state index >= 15 is 0 Å². The van der Waals surface area contributed by atoms with Gasteiger partial charge in [0.1, 0.15) is 23.1 Å². The summed E-state index contributed by atoms with van der Waals surface area (Å²) in [6.45, 7) is 13.6. The molecule has 0 bridgehead atoms. The van der Waals surface area contributed by atoms with E-state index in [1.54, 1.807) is 16.7 Å². The highest BCUT2D eigenvalue weighted by molar-refractivity contribution is 6.32. The number of hydrogen-bond donors (Lipinski definition) is 0. The Hall–Kier alpha value is -3.44. The number of hydrogen-bond acceptors (Lipinski definition) is 10. The number of esters is 1. The lowest BCUT2D eigenvalue weighted by Gasteiger charge is -2.35. The van der Waals surface area contributed by atoms with E-state index < -0.39 is 11.6 Å². The first-order chi connectivity index (χ1) is 20.0. The number of amides is 1. The van der Waals surface area contributed by atoms with Crippen molar-refractivity contribution in [3.8, 4) is 6.01 Å². The fourth-order valence-electron chi connectivity index (χ4n) is 4.34. The van der Waals surface area contributed by atoms with Crippen molar-refractivity contribution in [3.63, 3.8) is 0 Å². The van der Waals surface area contributed by atoms with Crippen molar-refractivity contribution in [2.75, 3.05) is 50.8 Å². The van der Waals surface area contributed by atoms with E-state index in [2.05, 4.69) is 14.9 Å². The molecule has 12 heteroatoms. The number of anilines is 1. The summed E-state index contributed by atoms with van der Waals surface area (Å²) >= 11 is 6.32. The van der Waals surface area contributed by atoms with E-state index in [4.69, 9.17) is 25.8 Å². The zero-order valence-electron chi connectivity index (χ0n) is 25.2. The Morgan fingerprint density at radius 2 is 1.71 bits per heavy atom. The first kappa shape index (κ1) is 33.1. The van der Waals surface area contributed by atoms with Crippen LogP contribution >= 0.6 is 11.6 Å². The number of aromatic nitrogens is 2. The largest absolute Gasteiger partial charge is 0.465 e. The average Bonchev–Trinajstić information content (AvgIpc) is 2.93. The average molecular weight is 604 g/mol. The molecule has 3 rings (SSSR count). The molecule has 0 spiro atoms. The van der Waals surface area contributed by atoms with Gasteiger partial charge in [-0.2, -0.15) is 9.97 Å². The molecule has 230 valence electrons. The first-order valence-corrected chi connectivity index (χ1v) is 14.7. The molecule has 42 heavy (non-hydrogen) atoms. The Kier molecular flexibility index (Phi) is 12.4. The summed E-state index contributed by atoms with van der Waals surface area (Å²) < 4.78 is 16.3. The molecule has 1 amide bonds. The van der Waals surface area contributed by atoms with E-state index in [9.17, 15) is 14.4 Å². The van der Waals surface area contributed by atoms with Crippen LogP contribution in [0.25, 0.3) is 0 Å². The smallest absolute Gasteiger partial charge is 0.410 e. The van der Waals surface area contributed by atoms with Crippen molar-refractivity contribution >= 4 is 35.8 Å². The number of nitrogens with zero attached hydrogens (tertiary/aromatic N) is 5. The van der Waals surface area contributed by atoms with Crippen molar-refractivity contribution in [3.05, 3.63) is 46.1 Å². The lowest BCUT2D eigenvalue weighted by Crippen LogP contribution is -2.49. The fourth-order valence-corrected chi connectivity index (χ4v) is 4.54. The maximum absolute atomic E-state index is 12.5. The van der Waals surface area contributed by atoms with E-state index in [1.807, 2.05) is 52.0 Å². The van der Waals surface area contributed by atoms with Gasteiger partial charge in [0.25, 0.3) is 0 Å². The Labute approximate surface area is 253 Å². The van der Waals surface area contributed by atoms with Gasteiger partial charge in [0.2, 0.25) is 0 Å². The van der Waals surface area contributed by atoms with Crippen LogP contribution in [0.15, 0.2) is 24.3 Å². The Bertz CT molecular complexity index is 1200. The summed E-state index contributed by atoms with van der Waals surface area (Å²) in [7, 11) is 0. The van der Waals surface area contributed by atoms with Crippen LogP contribution in [0.1, 0.15) is 68.9 Å². The normalized spacial score (nSPS) is 13.9. The van der Waals surface area contributed by atoms with Crippen LogP contribution < -0.4 is 9.64 Å². The molecule has 11 nitrogen and oxygen atoms in total. The van der Waals surface area contributed by atoms with Gasteiger partial charge in [-0.1, -0.05) is 49.2 Å². The van der Waals surface area contributed by atoms with Crippen molar-refractivity contribution in [1.29, 1.82) is 0 Å². The number of benzene rings is 1. The van der Waals surface area contributed by atoms with E-state index in [0.29, 0.717) is 26.0 Å². The molecule has 1 fully saturated rings. The SMILES string of the molecule is CCCCOc1nc(Cl)c(C=O)c(N(CC(=O)OCC)Cc2ccc(CN3CCN(C(=O)OC(C)(C)C)CC3)cc2)n1. The number of ether oxygens (including phenoxy) is 3. The van der Waals surface area contributed by atoms with Gasteiger partial charge in [0.15, 0.2) is 6.29 Å². The predicted octanol–water partition coefficient (Wildman–Crippen LogP) is 4.74. The van der Waals surface area contributed by atoms with Gasteiger partial charge < -0.3 is 24.0 Å². The van der Waals surface area contributed by atoms with Gasteiger partial charge in [0, 0.05) is 39.3 Å². The maximum atomic E-state index is 12.5. The van der Waals surface area contributed by atoms with Gasteiger partial charge >= 0.3 is 18.1 Å². The first-order valence-electron chi connectivity index (χ1n) is 14.4. The number of rotatable bonds is 13. The van der Waals surface area contributed by atoms with Gasteiger partial charge in [-0.15, -0.1) is 0 Å². The summed E-state index contributed by atoms with van der Waals surface area (Å²) in [4.78, 5) is 51.1. The van der Waals surface area contributed by atoms with Crippen LogP contribution in [0.5, 0.6) is 6.01 Å². The summed E-state index contributed by atoms with van der Waals surface area (Å²) in [5.74, 6) is -0.254. The Morgan fingerprint density at radius 1 is 1.05 bits per heavy atom. The molecule has 1 saturated heterocycles. The summed E-state index contributed by atoms with van der Waals surface area (Å²) in [6.07, 6.45) is 2.04. The number of carbonyl (C=O) groups is 3. The molecule has 0 atom stereocenters. The minimum Gasteiger partial charge on any atom is -0.465 e. The van der Waals surface area contributed by atoms with Crippen LogP contribution in [0.2, 0.25) is 5.15 Å². The third-order valence-corrected chi connectivity index (χ3v) is 6.74. The molecular formula is C30H42ClN5O6. The van der Waals surface area contributed by atoms with E-state index in [-0.39, 0.29) is 48.3 Å². The minimum absolute atomic E-state index is 0.0440. The predicted molar refractivity (Wildman–Crippen MR) is 160 cm³/mol. The number of unbranched alkanes of at least 4 members (excludes halogenated alkanes) is 1. The topological polar surface area (TPSA) is 114 Å². The highest BCUT2D eigenvalue weighted by atomic mass is 35.5. The van der Waals surface area contributed by atoms with Crippen LogP contribution in [0.4, 0.5) is 10.6 Å². The summed E-state index contributed by atoms with van der Waals surface area (Å²) in [6, 6.07) is 8.07. The molecule has 2 aromatic rings. The van der Waals surface area contributed by atoms with Gasteiger partial charge in [-0.25, -0.2) is 4.79 Å². The summed E-state index contributed by atoms with van der Waals surface area (Å²) in [5, 5.41) is -0.0440. The second-order valence-corrected chi connectivity index (χ2v) is 11.4. The molecule has 0 aliphatic carbocycles. The van der Waals surface area contributed by atoms with Crippen molar-refractivity contribution in [2.45, 2.75) is 66.2 Å². The third-order valence-electron chi connectivity index (χ3n) is 6.46. The molecule has 1 aromatic heterocycles. The second-order valence-electron chi connectivity index (χ2n) is 11.1. The highest BCUT2D eigenvalue weighted by Gasteiger charge is 2.26. The van der Waals surface area contributed by atoms with E-state index in [1.165, 1.54) is 0 Å². The lowest BCUT2D eigenvalue weighted by molar-refractivity contribution is -0.141. The van der Waals surface area contributed by atoms with Crippen LogP contribution in [-0.2, 0) is 27.4 Å². The number of piperazine rings is 1. The standard InChI is InChI=1S/C30H42ClN5O6/c1-6-8-17-41-28-32-26(31)24(21-37)27(33-28)36(20-25(38)40-7-2)19-23-11-9-22(10-12-23)18-34-13-15-35(16-14-34)29(39)42-30(3,4)5/h9-12,21H,6-8,13-20H2,1-5H3. The van der Waals surface area contributed by atoms with Crippen molar-refractivity contribution in [2.24, 2.45) is 0 Å². The zero-order valence-corrected chi connectivity index (χ0v) is 26.0. The van der Waals surface area contributed by atoms with Crippen molar-refractivity contribution in [1.82, 2.24) is 19.8 Å². The highest BCUT2D eigenvalue weighted by Crippen LogP contribution is 2.27. The maximum Gasteiger partial charge on any atom is 0.410 e. The molecule has 2 heterocycles. The Balaban J connectivity index is 1.71. The van der Waals surface area contributed by atoms with Crippen LogP contribution in [0, 0.1) is 0 Å². The second kappa shape index (κ2) is 15.7. The van der Waals surface area contributed by atoms with Gasteiger partial charge in [-0.3, -0.25) is 14.5 Å². The van der Waals surface area contributed by atoms with Crippen LogP contribution in [0.3, 0.4) is 0 Å². The quantitative estimate of drug-likeness (QED) is 0.138. The molecule has 1 aromatic carbocycles. The molecule has 0 saturated carbocycles. The molecular weight excluding hydrogens is 562 g/mol. The number of carbonyl (C=O) groups excluding carboxylic acids is 3. The third kappa shape index (κ3) is 10.1. The number of halogens is 1. The van der Waals surface area contributed by atoms with Crippen molar-refractivity contribution < 1.29 is 28.6 Å². The molecule has 0 radical (unpaired) electrons. The van der Waals surface area contributed by atoms with Crippen LogP contribution in [-0.4, -0.2) is 89.7 Å². The van der Waals surface area contributed by atoms with Gasteiger partial charge in [-0.05, 0) is 45.2 Å². The number of aldehydes is 1. The van der Waals surface area contributed by atoms with E-state index in [0.717, 1.165) is 43.6 Å². The van der Waals surface area contributed by atoms with Gasteiger partial charge in [0.05, 0.1) is 18.8 Å². The summed E-state index contributed by atoms with van der Waals surface area (Å²) in [5.41, 5.74) is 1.58. The molecule has 1 aliphatic rings. The Morgan fingerprint density at radius 3 is 2.31 bits per heavy atom. The lowest BCUT2D eigenvalue weighted by atomic mass is 10.1. The fraction of sp³-hybridized carbons (Fsp3) is 0.567. The monoisotopic (exact) mass is 603 g/mol. The molecule has 0 unspecified atom stereocenters. The minimum atomic E-state index is -0.513. The molecule has 1 aliphatic heterocycles. The molecule has 0 N–H and O–H groups in total. The zero-order chi connectivity index (χ0) is 30.7.